The zero-order valence-electron chi connectivity index (χ0n) is 12.1. The first kappa shape index (κ1) is 14.4. The van der Waals surface area contributed by atoms with Gasteiger partial charge in [-0.1, -0.05) is 6.07 Å². The number of aromatic nitrogens is 1. The smallest absolute Gasteiger partial charge is 0.179 e. The van der Waals surface area contributed by atoms with Gasteiger partial charge in [0.25, 0.3) is 0 Å². The zero-order valence-corrected chi connectivity index (χ0v) is 12.1. The van der Waals surface area contributed by atoms with Gasteiger partial charge in [-0.15, -0.1) is 0 Å². The summed E-state index contributed by atoms with van der Waals surface area (Å²) in [5.41, 5.74) is 2.70. The van der Waals surface area contributed by atoms with E-state index in [0.29, 0.717) is 17.8 Å². The second-order valence-corrected chi connectivity index (χ2v) is 5.23. The number of aromatic amines is 1. The summed E-state index contributed by atoms with van der Waals surface area (Å²) in [5, 5.41) is 30.5. The number of rotatable bonds is 2. The van der Waals surface area contributed by atoms with Crippen LogP contribution in [0.5, 0.6) is 0 Å². The molecule has 0 spiro atoms. The van der Waals surface area contributed by atoms with Crippen LogP contribution < -0.4 is 5.32 Å². The Balaban J connectivity index is 2.04. The molecular formula is C17H11N5O. The summed E-state index contributed by atoms with van der Waals surface area (Å²) in [6.07, 6.45) is 2.28. The highest BCUT2D eigenvalue weighted by Crippen LogP contribution is 2.30. The van der Waals surface area contributed by atoms with Crippen molar-refractivity contribution < 1.29 is 4.79 Å². The summed E-state index contributed by atoms with van der Waals surface area (Å²) in [6, 6.07) is 10.6. The Hall–Kier alpha value is -3.56. The van der Waals surface area contributed by atoms with E-state index in [9.17, 15) is 4.79 Å². The normalized spacial score (nSPS) is 12.7. The van der Waals surface area contributed by atoms with E-state index in [1.807, 2.05) is 12.1 Å². The molecule has 0 amide bonds. The SMILES string of the molecule is N#CC(C#N)=C(C#N)Nc1ccc2c3c([nH]c2c1)C(=O)CCC3. The Bertz CT molecular complexity index is 959. The number of H-pyrrole nitrogens is 1. The van der Waals surface area contributed by atoms with Crippen molar-refractivity contribution in [2.24, 2.45) is 0 Å². The molecule has 2 N–H and O–H groups in total. The molecule has 0 radical (unpaired) electrons. The molecule has 1 aliphatic rings. The minimum atomic E-state index is -0.270. The number of ketones is 1. The number of carbonyl (C=O) groups is 1. The van der Waals surface area contributed by atoms with Gasteiger partial charge in [0, 0.05) is 23.0 Å². The van der Waals surface area contributed by atoms with Gasteiger partial charge in [0.15, 0.2) is 11.4 Å². The second kappa shape index (κ2) is 5.67. The third-order valence-corrected chi connectivity index (χ3v) is 3.87. The topological polar surface area (TPSA) is 116 Å². The maximum atomic E-state index is 12.0. The molecule has 2 aromatic rings. The largest absolute Gasteiger partial charge is 0.352 e. The lowest BCUT2D eigenvalue weighted by atomic mass is 9.95. The van der Waals surface area contributed by atoms with Gasteiger partial charge in [-0.25, -0.2) is 0 Å². The molecular weight excluding hydrogens is 290 g/mol. The van der Waals surface area contributed by atoms with E-state index in [0.717, 1.165) is 29.3 Å². The van der Waals surface area contributed by atoms with Crippen molar-refractivity contribution in [2.75, 3.05) is 5.32 Å². The number of allylic oxidation sites excluding steroid dienone is 2. The average Bonchev–Trinajstić information content (AvgIpc) is 2.94. The summed E-state index contributed by atoms with van der Waals surface area (Å²) in [6.45, 7) is 0. The van der Waals surface area contributed by atoms with E-state index in [-0.39, 0.29) is 17.1 Å². The lowest BCUT2D eigenvalue weighted by Crippen LogP contribution is -2.09. The number of nitrogens with zero attached hydrogens (tertiary/aromatic N) is 3. The first-order chi connectivity index (χ1) is 11.2. The van der Waals surface area contributed by atoms with Crippen LogP contribution in [0.2, 0.25) is 0 Å². The molecule has 0 saturated carbocycles. The molecule has 6 nitrogen and oxygen atoms in total. The van der Waals surface area contributed by atoms with Crippen LogP contribution in [0.1, 0.15) is 28.9 Å². The number of benzene rings is 1. The summed E-state index contributed by atoms with van der Waals surface area (Å²) >= 11 is 0. The molecule has 110 valence electrons. The predicted molar refractivity (Wildman–Crippen MR) is 83.1 cm³/mol. The third kappa shape index (κ3) is 2.41. The molecule has 1 aromatic carbocycles. The van der Waals surface area contributed by atoms with Gasteiger partial charge in [-0.3, -0.25) is 4.79 Å². The Morgan fingerprint density at radius 1 is 1.13 bits per heavy atom. The Labute approximate surface area is 132 Å². The van der Waals surface area contributed by atoms with Gasteiger partial charge in [0.2, 0.25) is 0 Å². The number of hydrogen-bond donors (Lipinski definition) is 2. The molecule has 0 aliphatic heterocycles. The number of aryl methyl sites for hydroxylation is 1. The van der Waals surface area contributed by atoms with Crippen molar-refractivity contribution in [1.82, 2.24) is 4.98 Å². The molecule has 0 saturated heterocycles. The van der Waals surface area contributed by atoms with Crippen LogP contribution in [0.3, 0.4) is 0 Å². The summed E-state index contributed by atoms with van der Waals surface area (Å²) in [7, 11) is 0. The summed E-state index contributed by atoms with van der Waals surface area (Å²) in [5.74, 6) is 0.116. The van der Waals surface area contributed by atoms with Crippen molar-refractivity contribution in [3.8, 4) is 18.2 Å². The van der Waals surface area contributed by atoms with E-state index in [1.165, 1.54) is 0 Å². The first-order valence-electron chi connectivity index (χ1n) is 7.07. The molecule has 0 unspecified atom stereocenters. The molecule has 0 bridgehead atoms. The second-order valence-electron chi connectivity index (χ2n) is 5.23. The van der Waals surface area contributed by atoms with Crippen molar-refractivity contribution in [3.63, 3.8) is 0 Å². The van der Waals surface area contributed by atoms with E-state index in [1.54, 1.807) is 24.3 Å². The monoisotopic (exact) mass is 301 g/mol. The number of fused-ring (bicyclic) bond motifs is 3. The number of nitrogens with one attached hydrogen (secondary N) is 2. The van der Waals surface area contributed by atoms with Crippen LogP contribution in [0, 0.1) is 34.0 Å². The van der Waals surface area contributed by atoms with Crippen molar-refractivity contribution >= 4 is 22.4 Å². The first-order valence-corrected chi connectivity index (χ1v) is 7.07. The minimum Gasteiger partial charge on any atom is -0.352 e. The van der Waals surface area contributed by atoms with E-state index in [4.69, 9.17) is 15.8 Å². The third-order valence-electron chi connectivity index (χ3n) is 3.87. The van der Waals surface area contributed by atoms with Crippen molar-refractivity contribution in [1.29, 1.82) is 15.8 Å². The number of carbonyl (C=O) groups excluding carboxylic acids is 1. The van der Waals surface area contributed by atoms with Crippen LogP contribution in [0.4, 0.5) is 5.69 Å². The van der Waals surface area contributed by atoms with Crippen LogP contribution in [-0.2, 0) is 6.42 Å². The standard InChI is InChI=1S/C17H11N5O/c18-7-10(8-19)15(9-20)21-11-4-5-12-13-2-1-3-16(23)17(13)22-14(12)6-11/h4-6,21-22H,1-3H2. The minimum absolute atomic E-state index is 0.0956. The molecule has 0 atom stereocenters. The van der Waals surface area contributed by atoms with E-state index >= 15 is 0 Å². The lowest BCUT2D eigenvalue weighted by Gasteiger charge is -2.09. The highest BCUT2D eigenvalue weighted by Gasteiger charge is 2.21. The Morgan fingerprint density at radius 2 is 1.91 bits per heavy atom. The maximum Gasteiger partial charge on any atom is 0.179 e. The Morgan fingerprint density at radius 3 is 2.61 bits per heavy atom. The van der Waals surface area contributed by atoms with Gasteiger partial charge < -0.3 is 10.3 Å². The summed E-state index contributed by atoms with van der Waals surface area (Å²) in [4.78, 5) is 15.1. The van der Waals surface area contributed by atoms with Gasteiger partial charge in [-0.2, -0.15) is 15.8 Å². The predicted octanol–water partition coefficient (Wildman–Crippen LogP) is 2.92. The molecule has 6 heteroatoms. The van der Waals surface area contributed by atoms with Crippen molar-refractivity contribution in [2.45, 2.75) is 19.3 Å². The quantitative estimate of drug-likeness (QED) is 0.827. The van der Waals surface area contributed by atoms with Gasteiger partial charge >= 0.3 is 0 Å². The molecule has 1 aromatic heterocycles. The van der Waals surface area contributed by atoms with Gasteiger partial charge in [-0.05, 0) is 30.5 Å². The molecule has 3 rings (SSSR count). The molecule has 1 heterocycles. The number of nitriles is 3. The number of hydrogen-bond acceptors (Lipinski definition) is 5. The highest BCUT2D eigenvalue weighted by molar-refractivity contribution is 6.03. The molecule has 23 heavy (non-hydrogen) atoms. The van der Waals surface area contributed by atoms with Crippen molar-refractivity contribution in [3.05, 3.63) is 40.7 Å². The zero-order chi connectivity index (χ0) is 16.4. The van der Waals surface area contributed by atoms with Crippen LogP contribution >= 0.6 is 0 Å². The number of anilines is 1. The fourth-order valence-electron chi connectivity index (χ4n) is 2.81. The average molecular weight is 301 g/mol. The highest BCUT2D eigenvalue weighted by atomic mass is 16.1. The maximum absolute atomic E-state index is 12.0. The fourth-order valence-corrected chi connectivity index (χ4v) is 2.81. The number of Topliss-reactive ketones (excluding diaryl/α,β-unsaturated/α-hetero) is 1. The van der Waals surface area contributed by atoms with Crippen LogP contribution in [0.25, 0.3) is 10.9 Å². The van der Waals surface area contributed by atoms with Gasteiger partial charge in [0.05, 0.1) is 5.69 Å². The van der Waals surface area contributed by atoms with Crippen LogP contribution in [0.15, 0.2) is 29.5 Å². The molecule has 0 fully saturated rings. The van der Waals surface area contributed by atoms with Crippen LogP contribution in [-0.4, -0.2) is 10.8 Å². The Kier molecular flexibility index (Phi) is 3.55. The van der Waals surface area contributed by atoms with E-state index < -0.39 is 0 Å². The summed E-state index contributed by atoms with van der Waals surface area (Å²) < 4.78 is 0. The van der Waals surface area contributed by atoms with Gasteiger partial charge in [0.1, 0.15) is 23.9 Å². The molecule has 1 aliphatic carbocycles. The fraction of sp³-hybridized carbons (Fsp3) is 0.176. The van der Waals surface area contributed by atoms with E-state index in [2.05, 4.69) is 10.3 Å². The lowest BCUT2D eigenvalue weighted by molar-refractivity contribution is 0.0968.